The summed E-state index contributed by atoms with van der Waals surface area (Å²) < 4.78 is 110. The Morgan fingerprint density at radius 1 is 1.12 bits per heavy atom. The van der Waals surface area contributed by atoms with Gasteiger partial charge in [0.25, 0.3) is 0 Å². The molecule has 3 fully saturated rings. The largest absolute Gasteiger partial charge is 0.496 e. The number of benzene rings is 1. The number of hydrogen-bond donors (Lipinski definition) is 3. The van der Waals surface area contributed by atoms with E-state index in [1.54, 1.807) is 13.0 Å². The van der Waals surface area contributed by atoms with Gasteiger partial charge in [-0.1, -0.05) is 32.4 Å². The molecular weight excluding hydrogens is 822 g/mol. The summed E-state index contributed by atoms with van der Waals surface area (Å²) in [4.78, 5) is 58.1. The first-order valence-electron chi connectivity index (χ1n) is 19.9. The summed E-state index contributed by atoms with van der Waals surface area (Å²) in [7, 11) is -2.77. The van der Waals surface area contributed by atoms with Crippen LogP contribution in [0.3, 0.4) is 0 Å². The van der Waals surface area contributed by atoms with Crippen LogP contribution in [0.4, 0.5) is 26.7 Å². The highest BCUT2D eigenvalue weighted by atomic mass is 32.2. The van der Waals surface area contributed by atoms with Crippen molar-refractivity contribution in [3.05, 3.63) is 42.4 Å². The first kappa shape index (κ1) is 46.3. The van der Waals surface area contributed by atoms with Crippen molar-refractivity contribution in [2.75, 3.05) is 20.3 Å². The fourth-order valence-electron chi connectivity index (χ4n) is 8.04. The highest BCUT2D eigenvalue weighted by molar-refractivity contribution is 7.91. The third-order valence-corrected chi connectivity index (χ3v) is 13.9. The summed E-state index contributed by atoms with van der Waals surface area (Å²) in [6.45, 7) is 2.85. The maximum absolute atomic E-state index is 14.5. The van der Waals surface area contributed by atoms with Gasteiger partial charge in [0, 0.05) is 30.0 Å². The number of aromatic nitrogens is 1. The van der Waals surface area contributed by atoms with Crippen LogP contribution in [0.5, 0.6) is 11.6 Å². The predicted octanol–water partition coefficient (Wildman–Crippen LogP) is 5.62. The molecule has 4 N–H and O–H groups in total. The smallest absolute Gasteiger partial charge is 0.425 e. The monoisotopic (exact) mass is 873 g/mol. The molecule has 1 aromatic carbocycles. The number of hydrogen-bond acceptors (Lipinski definition) is 10. The number of rotatable bonds is 18. The van der Waals surface area contributed by atoms with E-state index in [4.69, 9.17) is 15.2 Å². The van der Waals surface area contributed by atoms with Crippen LogP contribution in [0.2, 0.25) is 0 Å². The summed E-state index contributed by atoms with van der Waals surface area (Å²) in [6, 6.07) is 1.26. The molecule has 2 heterocycles. The zero-order valence-electron chi connectivity index (χ0n) is 33.8. The van der Waals surface area contributed by atoms with Crippen molar-refractivity contribution >= 4 is 44.6 Å². The van der Waals surface area contributed by atoms with Gasteiger partial charge in [-0.25, -0.2) is 27.0 Å². The second-order valence-electron chi connectivity index (χ2n) is 16.2. The summed E-state index contributed by atoms with van der Waals surface area (Å²) in [5.41, 5.74) is 5.72. The van der Waals surface area contributed by atoms with Crippen LogP contribution in [0.25, 0.3) is 10.8 Å². The number of sulfonamides is 1. The number of ether oxygens (including phenoxy) is 3. The molecule has 3 aliphatic rings. The first-order chi connectivity index (χ1) is 28.2. The number of likely N-dealkylation sites (tertiary alicyclic amines) is 1. The van der Waals surface area contributed by atoms with E-state index in [9.17, 15) is 49.5 Å². The molecule has 20 heteroatoms. The molecule has 4 amide bonds. The molecule has 1 aliphatic heterocycles. The van der Waals surface area contributed by atoms with Crippen LogP contribution < -0.4 is 25.2 Å². The van der Waals surface area contributed by atoms with Crippen molar-refractivity contribution < 1.29 is 63.8 Å². The molecule has 60 heavy (non-hydrogen) atoms. The molecule has 2 aromatic rings. The maximum atomic E-state index is 14.5. The molecule has 5 rings (SSSR count). The summed E-state index contributed by atoms with van der Waals surface area (Å²) >= 11 is 0. The van der Waals surface area contributed by atoms with Crippen LogP contribution in [0.15, 0.2) is 36.5 Å². The Morgan fingerprint density at radius 2 is 1.83 bits per heavy atom. The lowest BCUT2D eigenvalue weighted by Gasteiger charge is -2.32. The van der Waals surface area contributed by atoms with Gasteiger partial charge >= 0.3 is 12.3 Å². The van der Waals surface area contributed by atoms with E-state index in [1.807, 2.05) is 19.1 Å². The number of nitrogens with two attached hydrogens (primary N) is 1. The van der Waals surface area contributed by atoms with E-state index < -0.39 is 93.4 Å². The van der Waals surface area contributed by atoms with Crippen LogP contribution in [0, 0.1) is 29.5 Å². The number of allylic oxidation sites excluding steroid dienone is 2. The number of carbonyl (C=O) groups is 4. The van der Waals surface area contributed by atoms with Crippen molar-refractivity contribution in [3.63, 3.8) is 0 Å². The van der Waals surface area contributed by atoms with Gasteiger partial charge in [-0.3, -0.25) is 19.1 Å². The molecule has 0 bridgehead atoms. The number of pyridine rings is 1. The number of nitrogens with one attached hydrogen (secondary N) is 2. The predicted molar refractivity (Wildman–Crippen MR) is 208 cm³/mol. The molecule has 1 saturated heterocycles. The minimum Gasteiger partial charge on any atom is -0.496 e. The van der Waals surface area contributed by atoms with E-state index in [0.717, 1.165) is 4.90 Å². The number of halogens is 5. The molecule has 8 atom stereocenters. The number of methoxy groups -OCH3 is 1. The highest BCUT2D eigenvalue weighted by Crippen LogP contribution is 2.44. The molecule has 332 valence electrons. The first-order valence-corrected chi connectivity index (χ1v) is 21.4. The second-order valence-corrected chi connectivity index (χ2v) is 18.3. The maximum Gasteiger partial charge on any atom is 0.425 e. The third-order valence-electron chi connectivity index (χ3n) is 11.7. The molecule has 2 saturated carbocycles. The average molecular weight is 874 g/mol. The van der Waals surface area contributed by atoms with Crippen molar-refractivity contribution in [3.8, 4) is 11.6 Å². The van der Waals surface area contributed by atoms with Crippen LogP contribution in [0.1, 0.15) is 78.6 Å². The summed E-state index contributed by atoms with van der Waals surface area (Å²) in [5, 5.41) is 3.03. The van der Waals surface area contributed by atoms with Gasteiger partial charge < -0.3 is 30.2 Å². The number of nitrogens with zero attached hydrogens (tertiary/aromatic N) is 2. The van der Waals surface area contributed by atoms with E-state index in [-0.39, 0.29) is 61.1 Å². The Bertz CT molecular complexity index is 2050. The van der Waals surface area contributed by atoms with Crippen molar-refractivity contribution in [1.29, 1.82) is 0 Å². The van der Waals surface area contributed by atoms with Crippen LogP contribution in [-0.4, -0.2) is 97.7 Å². The Balaban J connectivity index is 1.25. The summed E-state index contributed by atoms with van der Waals surface area (Å²) in [5.74, 6) is -4.42. The van der Waals surface area contributed by atoms with Crippen molar-refractivity contribution in [2.24, 2.45) is 29.4 Å². The van der Waals surface area contributed by atoms with Crippen molar-refractivity contribution in [1.82, 2.24) is 19.9 Å². The SMILES string of the molecule is COc1cc(F)cc2c(O[C@@H]3C[C@@H](C(N)=O)N(C(=O)[C@@H](NC(=O)O[C@H](C)C(F)(F)F)[C@H](C)C[C@@H](C)CC/C=C\[C@@H]4CCCC4C(=O)NS(=O)(=O)C4(CF)CC4)C3)nccc12. The number of primary amides is 1. The minimum absolute atomic E-state index is 0.0109. The molecule has 1 unspecified atom stereocenters. The lowest BCUT2D eigenvalue weighted by atomic mass is 9.87. The molecule has 2 aliphatic carbocycles. The Hall–Kier alpha value is -4.75. The van der Waals surface area contributed by atoms with Gasteiger partial charge in [-0.15, -0.1) is 0 Å². The van der Waals surface area contributed by atoms with Gasteiger partial charge in [-0.05, 0) is 81.8 Å². The van der Waals surface area contributed by atoms with Crippen molar-refractivity contribution in [2.45, 2.75) is 114 Å². The van der Waals surface area contributed by atoms with Gasteiger partial charge in [-0.2, -0.15) is 13.2 Å². The van der Waals surface area contributed by atoms with E-state index in [2.05, 4.69) is 19.8 Å². The number of fused-ring (bicyclic) bond motifs is 1. The molecular formula is C40H52F5N5O9S. The molecule has 0 radical (unpaired) electrons. The Kier molecular flexibility index (Phi) is 14.6. The van der Waals surface area contributed by atoms with Crippen LogP contribution >= 0.6 is 0 Å². The van der Waals surface area contributed by atoms with Gasteiger partial charge in [0.05, 0.1) is 19.0 Å². The number of alkyl carbamates (subject to hydrolysis) is 1. The third kappa shape index (κ3) is 10.8. The highest BCUT2D eigenvalue weighted by Gasteiger charge is 2.56. The fraction of sp³-hybridized carbons (Fsp3) is 0.625. The van der Waals surface area contributed by atoms with Crippen LogP contribution in [-0.2, 0) is 29.1 Å². The van der Waals surface area contributed by atoms with Gasteiger partial charge in [0.1, 0.15) is 41.2 Å². The Labute approximate surface area is 345 Å². The lowest BCUT2D eigenvalue weighted by Crippen LogP contribution is -2.56. The number of amides is 4. The number of alkyl halides is 4. The van der Waals surface area contributed by atoms with E-state index in [1.165, 1.54) is 25.4 Å². The number of carbonyl (C=O) groups excluding carboxylic acids is 4. The normalized spacial score (nSPS) is 23.4. The quantitative estimate of drug-likeness (QED) is 0.125. The zero-order valence-corrected chi connectivity index (χ0v) is 34.6. The zero-order chi connectivity index (χ0) is 44.2. The Morgan fingerprint density at radius 3 is 2.47 bits per heavy atom. The van der Waals surface area contributed by atoms with E-state index in [0.29, 0.717) is 44.4 Å². The van der Waals surface area contributed by atoms with Gasteiger partial charge in [0.2, 0.25) is 33.6 Å². The molecule has 0 spiro atoms. The lowest BCUT2D eigenvalue weighted by molar-refractivity contribution is -0.197. The average Bonchev–Trinajstić information content (AvgIpc) is 3.66. The molecule has 14 nitrogen and oxygen atoms in total. The minimum atomic E-state index is -4.88. The molecule has 1 aromatic heterocycles. The van der Waals surface area contributed by atoms with Gasteiger partial charge in [0.15, 0.2) is 6.10 Å². The second kappa shape index (κ2) is 18.9. The summed E-state index contributed by atoms with van der Waals surface area (Å²) in [6.07, 6.45) is -1.18. The topological polar surface area (TPSA) is 196 Å². The standard InChI is InChI=1S/C40H52F5N5O9S/c1-22(8-5-6-9-25-10-7-11-28(25)35(52)49-60(55,56)39(21-41)13-14-39)16-23(2)33(48-38(54)58-24(3)40(43,44)45)37(53)50-20-27(19-31(50)34(46)51)59-36-30-17-26(42)18-32(57-4)29(30)12-15-47-36/h6,9,12,15,17-18,22-25,27-28,31,33H,5,7-8,10-11,13-14,16,19-21H2,1-4H3,(H2,46,51)(H,48,54)(H,49,52)/b9-6-/t22-,23+,24+,25+,27+,28?,31-,33-/m0/s1. The fourth-order valence-corrected chi connectivity index (χ4v) is 9.45. The van der Waals surface area contributed by atoms with E-state index >= 15 is 0 Å².